The summed E-state index contributed by atoms with van der Waals surface area (Å²) in [6.45, 7) is 0. The zero-order valence-corrected chi connectivity index (χ0v) is 13.6. The highest BCUT2D eigenvalue weighted by atomic mass is 19.1. The van der Waals surface area contributed by atoms with E-state index in [0.29, 0.717) is 5.69 Å². The van der Waals surface area contributed by atoms with E-state index in [0.717, 1.165) is 24.2 Å². The molecule has 0 aliphatic heterocycles. The van der Waals surface area contributed by atoms with Gasteiger partial charge in [-0.15, -0.1) is 0 Å². The van der Waals surface area contributed by atoms with Crippen LogP contribution in [0, 0.1) is 5.82 Å². The van der Waals surface area contributed by atoms with Crippen LogP contribution in [0.25, 0.3) is 0 Å². The molecule has 1 aromatic carbocycles. The zero-order chi connectivity index (χ0) is 16.8. The zero-order valence-electron chi connectivity index (χ0n) is 13.6. The van der Waals surface area contributed by atoms with E-state index in [-0.39, 0.29) is 17.8 Å². The van der Waals surface area contributed by atoms with E-state index >= 15 is 0 Å². The van der Waals surface area contributed by atoms with Crippen LogP contribution in [0.4, 0.5) is 15.8 Å². The second kappa shape index (κ2) is 7.90. The average Bonchev–Trinajstić information content (AvgIpc) is 2.86. The van der Waals surface area contributed by atoms with E-state index in [1.54, 1.807) is 30.5 Å². The minimum absolute atomic E-state index is 0.116. The third-order valence-electron chi connectivity index (χ3n) is 4.32. The van der Waals surface area contributed by atoms with Crippen molar-refractivity contribution < 1.29 is 9.18 Å². The van der Waals surface area contributed by atoms with Gasteiger partial charge in [-0.3, -0.25) is 4.79 Å². The lowest BCUT2D eigenvalue weighted by molar-refractivity contribution is 0.0928. The van der Waals surface area contributed by atoms with Gasteiger partial charge in [-0.05, 0) is 49.2 Å². The Morgan fingerprint density at radius 2 is 1.62 bits per heavy atom. The number of halogens is 1. The molecule has 126 valence electrons. The molecule has 1 amide bonds. The second-order valence-corrected chi connectivity index (χ2v) is 6.23. The van der Waals surface area contributed by atoms with E-state index in [1.165, 1.54) is 37.8 Å². The standard InChI is InChI=1S/C19H22FN3O/c20-14-7-9-16(10-8-14)22-17-11-12-18(21-13-17)19(24)23-15-5-3-1-2-4-6-15/h7-13,15,22H,1-6H2,(H,23,24). The fourth-order valence-corrected chi connectivity index (χ4v) is 2.99. The normalized spacial score (nSPS) is 15.5. The quantitative estimate of drug-likeness (QED) is 0.818. The molecule has 1 aromatic heterocycles. The molecule has 24 heavy (non-hydrogen) atoms. The molecule has 4 nitrogen and oxygen atoms in total. The van der Waals surface area contributed by atoms with Gasteiger partial charge in [0.1, 0.15) is 11.5 Å². The van der Waals surface area contributed by atoms with Crippen molar-refractivity contribution in [2.45, 2.75) is 44.6 Å². The van der Waals surface area contributed by atoms with Crippen molar-refractivity contribution in [3.63, 3.8) is 0 Å². The second-order valence-electron chi connectivity index (χ2n) is 6.23. The summed E-state index contributed by atoms with van der Waals surface area (Å²) in [4.78, 5) is 16.5. The molecule has 1 fully saturated rings. The molecule has 1 aliphatic rings. The molecule has 1 aliphatic carbocycles. The van der Waals surface area contributed by atoms with Gasteiger partial charge in [0.2, 0.25) is 0 Å². The Labute approximate surface area is 141 Å². The van der Waals surface area contributed by atoms with Crippen LogP contribution in [-0.2, 0) is 0 Å². The van der Waals surface area contributed by atoms with Gasteiger partial charge in [-0.25, -0.2) is 9.37 Å². The number of rotatable bonds is 4. The number of hydrogen-bond donors (Lipinski definition) is 2. The van der Waals surface area contributed by atoms with Gasteiger partial charge in [0, 0.05) is 11.7 Å². The number of hydrogen-bond acceptors (Lipinski definition) is 3. The van der Waals surface area contributed by atoms with Crippen LogP contribution in [0.2, 0.25) is 0 Å². The SMILES string of the molecule is O=C(NC1CCCCCC1)c1ccc(Nc2ccc(F)cc2)cn1. The number of benzene rings is 1. The average molecular weight is 327 g/mol. The Hall–Kier alpha value is -2.43. The predicted molar refractivity (Wildman–Crippen MR) is 92.9 cm³/mol. The Morgan fingerprint density at radius 1 is 0.958 bits per heavy atom. The van der Waals surface area contributed by atoms with Crippen molar-refractivity contribution in [3.8, 4) is 0 Å². The van der Waals surface area contributed by atoms with E-state index in [9.17, 15) is 9.18 Å². The molecule has 1 saturated carbocycles. The van der Waals surface area contributed by atoms with Crippen molar-refractivity contribution >= 4 is 17.3 Å². The van der Waals surface area contributed by atoms with Crippen molar-refractivity contribution in [1.82, 2.24) is 10.3 Å². The van der Waals surface area contributed by atoms with Gasteiger partial charge in [0.25, 0.3) is 5.91 Å². The fraction of sp³-hybridized carbons (Fsp3) is 0.368. The van der Waals surface area contributed by atoms with Crippen molar-refractivity contribution in [2.75, 3.05) is 5.32 Å². The van der Waals surface area contributed by atoms with E-state index in [4.69, 9.17) is 0 Å². The number of pyridine rings is 1. The topological polar surface area (TPSA) is 54.0 Å². The number of nitrogens with one attached hydrogen (secondary N) is 2. The third-order valence-corrected chi connectivity index (χ3v) is 4.32. The summed E-state index contributed by atoms with van der Waals surface area (Å²) in [7, 11) is 0. The lowest BCUT2D eigenvalue weighted by atomic mass is 10.1. The molecule has 0 atom stereocenters. The Morgan fingerprint density at radius 3 is 2.25 bits per heavy atom. The van der Waals surface area contributed by atoms with Gasteiger partial charge >= 0.3 is 0 Å². The molecule has 0 unspecified atom stereocenters. The van der Waals surface area contributed by atoms with Gasteiger partial charge < -0.3 is 10.6 Å². The third kappa shape index (κ3) is 4.54. The minimum Gasteiger partial charge on any atom is -0.354 e. The van der Waals surface area contributed by atoms with Crippen molar-refractivity contribution in [2.24, 2.45) is 0 Å². The molecule has 1 heterocycles. The smallest absolute Gasteiger partial charge is 0.270 e. The number of amides is 1. The van der Waals surface area contributed by atoms with Crippen LogP contribution < -0.4 is 10.6 Å². The fourth-order valence-electron chi connectivity index (χ4n) is 2.99. The molecule has 0 saturated heterocycles. The highest BCUT2D eigenvalue weighted by Crippen LogP contribution is 2.18. The minimum atomic E-state index is -0.274. The van der Waals surface area contributed by atoms with Crippen LogP contribution in [0.3, 0.4) is 0 Å². The monoisotopic (exact) mass is 327 g/mol. The maximum atomic E-state index is 12.9. The maximum Gasteiger partial charge on any atom is 0.270 e. The molecular weight excluding hydrogens is 305 g/mol. The number of carbonyl (C=O) groups is 1. The summed E-state index contributed by atoms with van der Waals surface area (Å²) in [5, 5.41) is 6.21. The van der Waals surface area contributed by atoms with Gasteiger partial charge in [0.05, 0.1) is 11.9 Å². The predicted octanol–water partition coefficient (Wildman–Crippen LogP) is 4.42. The van der Waals surface area contributed by atoms with Crippen molar-refractivity contribution in [1.29, 1.82) is 0 Å². The van der Waals surface area contributed by atoms with Crippen LogP contribution in [-0.4, -0.2) is 16.9 Å². The molecule has 0 spiro atoms. The van der Waals surface area contributed by atoms with E-state index in [1.807, 2.05) is 0 Å². The molecule has 2 aromatic rings. The van der Waals surface area contributed by atoms with Gasteiger partial charge in [0.15, 0.2) is 0 Å². The highest BCUT2D eigenvalue weighted by molar-refractivity contribution is 5.92. The summed E-state index contributed by atoms with van der Waals surface area (Å²) in [6.07, 6.45) is 8.60. The van der Waals surface area contributed by atoms with Crippen LogP contribution in [0.1, 0.15) is 49.0 Å². The summed E-state index contributed by atoms with van der Waals surface area (Å²) in [5.74, 6) is -0.389. The Kier molecular flexibility index (Phi) is 5.41. The van der Waals surface area contributed by atoms with Crippen LogP contribution in [0.15, 0.2) is 42.6 Å². The number of anilines is 2. The summed E-state index contributed by atoms with van der Waals surface area (Å²) < 4.78 is 12.9. The number of aromatic nitrogens is 1. The molecule has 0 radical (unpaired) electrons. The largest absolute Gasteiger partial charge is 0.354 e. The first-order valence-electron chi connectivity index (χ1n) is 8.50. The first-order chi connectivity index (χ1) is 11.7. The lowest BCUT2D eigenvalue weighted by Crippen LogP contribution is -2.34. The Bertz CT molecular complexity index is 662. The number of nitrogens with zero attached hydrogens (tertiary/aromatic N) is 1. The van der Waals surface area contributed by atoms with Crippen LogP contribution >= 0.6 is 0 Å². The van der Waals surface area contributed by atoms with E-state index < -0.39 is 0 Å². The molecular formula is C19H22FN3O. The summed E-state index contributed by atoms with van der Waals surface area (Å²) in [6, 6.07) is 9.87. The first-order valence-corrected chi connectivity index (χ1v) is 8.50. The molecule has 2 N–H and O–H groups in total. The molecule has 3 rings (SSSR count). The highest BCUT2D eigenvalue weighted by Gasteiger charge is 2.16. The summed E-state index contributed by atoms with van der Waals surface area (Å²) >= 11 is 0. The van der Waals surface area contributed by atoms with Crippen molar-refractivity contribution in [3.05, 3.63) is 54.1 Å². The number of carbonyl (C=O) groups excluding carboxylic acids is 1. The molecule has 5 heteroatoms. The Balaban J connectivity index is 1.58. The van der Waals surface area contributed by atoms with Crippen LogP contribution in [0.5, 0.6) is 0 Å². The van der Waals surface area contributed by atoms with Gasteiger partial charge in [-0.1, -0.05) is 25.7 Å². The first kappa shape index (κ1) is 16.4. The summed E-state index contributed by atoms with van der Waals surface area (Å²) in [5.41, 5.74) is 1.95. The van der Waals surface area contributed by atoms with Gasteiger partial charge in [-0.2, -0.15) is 0 Å². The van der Waals surface area contributed by atoms with E-state index in [2.05, 4.69) is 15.6 Å². The maximum absolute atomic E-state index is 12.9. The lowest BCUT2D eigenvalue weighted by Gasteiger charge is -2.16. The molecule has 0 bridgehead atoms.